The molecule has 0 aliphatic heterocycles. The third-order valence-corrected chi connectivity index (χ3v) is 5.38. The van der Waals surface area contributed by atoms with Gasteiger partial charge in [0.05, 0.1) is 5.69 Å². The summed E-state index contributed by atoms with van der Waals surface area (Å²) in [6.45, 7) is 6.32. The van der Waals surface area contributed by atoms with E-state index in [4.69, 9.17) is 0 Å². The molecule has 0 unspecified atom stereocenters. The predicted octanol–water partition coefficient (Wildman–Crippen LogP) is 4.43. The van der Waals surface area contributed by atoms with Gasteiger partial charge in [0.1, 0.15) is 11.4 Å². The zero-order valence-corrected chi connectivity index (χ0v) is 15.8. The van der Waals surface area contributed by atoms with E-state index < -0.39 is 0 Å². The second-order valence-electron chi connectivity index (χ2n) is 6.41. The van der Waals surface area contributed by atoms with Gasteiger partial charge in [0.25, 0.3) is 0 Å². The van der Waals surface area contributed by atoms with E-state index in [0.717, 1.165) is 27.6 Å². The van der Waals surface area contributed by atoms with Crippen LogP contribution in [0.3, 0.4) is 0 Å². The first-order chi connectivity index (χ1) is 12.6. The van der Waals surface area contributed by atoms with Gasteiger partial charge in [-0.25, -0.2) is 9.97 Å². The topological polar surface area (TPSA) is 56.5 Å². The molecule has 2 aromatic carbocycles. The highest BCUT2D eigenvalue weighted by molar-refractivity contribution is 7.98. The van der Waals surface area contributed by atoms with Crippen LogP contribution in [0.4, 0.5) is 0 Å². The third-order valence-electron chi connectivity index (χ3n) is 4.35. The molecule has 5 nitrogen and oxygen atoms in total. The van der Waals surface area contributed by atoms with Gasteiger partial charge in [-0.2, -0.15) is 4.68 Å². The summed E-state index contributed by atoms with van der Waals surface area (Å²) >= 11 is 1.67. The first-order valence-electron chi connectivity index (χ1n) is 8.44. The fourth-order valence-electron chi connectivity index (χ4n) is 2.80. The summed E-state index contributed by atoms with van der Waals surface area (Å²) in [5.74, 6) is 0.844. The normalized spacial score (nSPS) is 11.2. The van der Waals surface area contributed by atoms with Crippen LogP contribution in [0.1, 0.15) is 22.3 Å². The van der Waals surface area contributed by atoms with Gasteiger partial charge >= 0.3 is 0 Å². The van der Waals surface area contributed by atoms with E-state index in [-0.39, 0.29) is 0 Å². The Morgan fingerprint density at radius 2 is 1.69 bits per heavy atom. The van der Waals surface area contributed by atoms with E-state index in [1.54, 1.807) is 22.8 Å². The second kappa shape index (κ2) is 6.88. The maximum Gasteiger partial charge on any atom is 0.187 e. The number of thioether (sulfide) groups is 1. The van der Waals surface area contributed by atoms with E-state index in [1.807, 2.05) is 12.1 Å². The van der Waals surface area contributed by atoms with Crippen LogP contribution in [0, 0.1) is 20.8 Å². The van der Waals surface area contributed by atoms with Crippen molar-refractivity contribution >= 4 is 22.9 Å². The molecule has 130 valence electrons. The van der Waals surface area contributed by atoms with Crippen molar-refractivity contribution in [3.63, 3.8) is 0 Å². The Balaban J connectivity index is 1.66. The zero-order valence-electron chi connectivity index (χ0n) is 15.0. The lowest BCUT2D eigenvalue weighted by atomic mass is 10.1. The molecule has 0 saturated heterocycles. The summed E-state index contributed by atoms with van der Waals surface area (Å²) in [7, 11) is 0. The summed E-state index contributed by atoms with van der Waals surface area (Å²) in [5, 5.41) is 9.49. The van der Waals surface area contributed by atoms with Crippen molar-refractivity contribution in [2.45, 2.75) is 31.6 Å². The van der Waals surface area contributed by atoms with Crippen molar-refractivity contribution in [3.8, 4) is 5.69 Å². The van der Waals surface area contributed by atoms with Crippen LogP contribution in [-0.4, -0.2) is 25.0 Å². The summed E-state index contributed by atoms with van der Waals surface area (Å²) in [4.78, 5) is 8.83. The largest absolute Gasteiger partial charge is 0.227 e. The minimum atomic E-state index is 0.729. The first kappa shape index (κ1) is 16.7. The molecule has 0 spiro atoms. The molecule has 2 aromatic heterocycles. The molecule has 0 aliphatic rings. The Bertz CT molecular complexity index is 1070. The molecular weight excluding hydrogens is 342 g/mol. The molecule has 0 amide bonds. The summed E-state index contributed by atoms with van der Waals surface area (Å²) in [5.41, 5.74) is 7.49. The van der Waals surface area contributed by atoms with E-state index >= 15 is 0 Å². The van der Waals surface area contributed by atoms with Gasteiger partial charge in [-0.15, -0.1) is 5.10 Å². The molecule has 4 rings (SSSR count). The number of hydrogen-bond acceptors (Lipinski definition) is 5. The molecule has 0 saturated carbocycles. The van der Waals surface area contributed by atoms with Crippen molar-refractivity contribution < 1.29 is 0 Å². The average Bonchev–Trinajstić information content (AvgIpc) is 3.08. The number of nitrogens with zero attached hydrogens (tertiary/aromatic N) is 5. The van der Waals surface area contributed by atoms with Crippen LogP contribution in [-0.2, 0) is 5.75 Å². The predicted molar refractivity (Wildman–Crippen MR) is 105 cm³/mol. The Hall–Kier alpha value is -2.73. The van der Waals surface area contributed by atoms with Gasteiger partial charge in [-0.1, -0.05) is 58.4 Å². The lowest BCUT2D eigenvalue weighted by Gasteiger charge is -2.07. The van der Waals surface area contributed by atoms with Crippen LogP contribution in [0.15, 0.2) is 53.8 Å². The molecule has 0 N–H and O–H groups in total. The number of aromatic nitrogens is 5. The third kappa shape index (κ3) is 3.20. The van der Waals surface area contributed by atoms with Crippen molar-refractivity contribution in [2.75, 3.05) is 0 Å². The highest BCUT2D eigenvalue weighted by Crippen LogP contribution is 2.28. The van der Waals surface area contributed by atoms with E-state index in [0.29, 0.717) is 0 Å². The van der Waals surface area contributed by atoms with Gasteiger partial charge < -0.3 is 0 Å². The molecule has 0 fully saturated rings. The maximum absolute atomic E-state index is 4.43. The number of benzene rings is 2. The number of fused-ring (bicyclic) bond motifs is 1. The van der Waals surface area contributed by atoms with E-state index in [2.05, 4.69) is 71.4 Å². The standard InChI is InChI=1S/C20H19N5S/c1-13-5-8-17(9-6-13)25-19-18(23-24-25)20(22-12-21-19)26-11-16-10-14(2)4-7-15(16)3/h4-10,12H,11H2,1-3H3. The molecule has 0 bridgehead atoms. The van der Waals surface area contributed by atoms with Gasteiger partial charge in [0.15, 0.2) is 11.2 Å². The molecule has 4 aromatic rings. The fraction of sp³-hybridized carbons (Fsp3) is 0.200. The maximum atomic E-state index is 4.43. The van der Waals surface area contributed by atoms with Crippen LogP contribution in [0.25, 0.3) is 16.9 Å². The zero-order chi connectivity index (χ0) is 18.1. The second-order valence-corrected chi connectivity index (χ2v) is 7.37. The highest BCUT2D eigenvalue weighted by atomic mass is 32.2. The van der Waals surface area contributed by atoms with Gasteiger partial charge in [0, 0.05) is 5.75 Å². The molecular formula is C20H19N5S. The molecule has 0 aliphatic carbocycles. The van der Waals surface area contributed by atoms with Gasteiger partial charge in [0.2, 0.25) is 0 Å². The molecule has 0 atom stereocenters. The first-order valence-corrected chi connectivity index (χ1v) is 9.43. The van der Waals surface area contributed by atoms with Gasteiger partial charge in [-0.05, 0) is 44.0 Å². The molecule has 26 heavy (non-hydrogen) atoms. The van der Waals surface area contributed by atoms with Crippen molar-refractivity contribution in [1.29, 1.82) is 0 Å². The molecule has 6 heteroatoms. The van der Waals surface area contributed by atoms with E-state index in [1.165, 1.54) is 22.3 Å². The Kier molecular flexibility index (Phi) is 4.42. The Morgan fingerprint density at radius 3 is 2.50 bits per heavy atom. The van der Waals surface area contributed by atoms with Crippen molar-refractivity contribution in [3.05, 3.63) is 71.0 Å². The average molecular weight is 361 g/mol. The van der Waals surface area contributed by atoms with Crippen molar-refractivity contribution in [1.82, 2.24) is 25.0 Å². The fourth-order valence-corrected chi connectivity index (χ4v) is 3.79. The number of rotatable bonds is 4. The van der Waals surface area contributed by atoms with Crippen LogP contribution < -0.4 is 0 Å². The minimum absolute atomic E-state index is 0.729. The Morgan fingerprint density at radius 1 is 0.923 bits per heavy atom. The van der Waals surface area contributed by atoms with Crippen LogP contribution in [0.5, 0.6) is 0 Å². The Labute approximate surface area is 156 Å². The van der Waals surface area contributed by atoms with E-state index in [9.17, 15) is 0 Å². The number of aryl methyl sites for hydroxylation is 3. The van der Waals surface area contributed by atoms with Gasteiger partial charge in [-0.3, -0.25) is 0 Å². The quantitative estimate of drug-likeness (QED) is 0.398. The van der Waals surface area contributed by atoms with Crippen LogP contribution in [0.2, 0.25) is 0 Å². The summed E-state index contributed by atoms with van der Waals surface area (Å²) < 4.78 is 1.76. The lowest BCUT2D eigenvalue weighted by molar-refractivity contribution is 0.816. The summed E-state index contributed by atoms with van der Waals surface area (Å²) in [6, 6.07) is 14.7. The minimum Gasteiger partial charge on any atom is -0.227 e. The van der Waals surface area contributed by atoms with Crippen LogP contribution >= 0.6 is 11.8 Å². The number of hydrogen-bond donors (Lipinski definition) is 0. The molecule has 0 radical (unpaired) electrons. The van der Waals surface area contributed by atoms with Crippen molar-refractivity contribution in [2.24, 2.45) is 0 Å². The monoisotopic (exact) mass is 361 g/mol. The molecule has 2 heterocycles. The lowest BCUT2D eigenvalue weighted by Crippen LogP contribution is -1.98. The highest BCUT2D eigenvalue weighted by Gasteiger charge is 2.14. The SMILES string of the molecule is Cc1ccc(-n2nnc3c(SCc4cc(C)ccc4C)ncnc32)cc1. The summed E-state index contributed by atoms with van der Waals surface area (Å²) in [6.07, 6.45) is 1.59. The smallest absolute Gasteiger partial charge is 0.187 e.